The Kier molecular flexibility index (Phi) is 4.69. The number of H-pyrrole nitrogens is 1. The Morgan fingerprint density at radius 3 is 2.68 bits per heavy atom. The molecule has 9 heteroatoms. The summed E-state index contributed by atoms with van der Waals surface area (Å²) in [5.41, 5.74) is 2.87. The lowest BCUT2D eigenvalue weighted by Crippen LogP contribution is -2.27. The fourth-order valence-electron chi connectivity index (χ4n) is 2.55. The highest BCUT2D eigenvalue weighted by molar-refractivity contribution is 7.89. The Bertz CT molecular complexity index is 971. The van der Waals surface area contributed by atoms with Crippen LogP contribution in [0.2, 0.25) is 0 Å². The number of aryl methyl sites for hydroxylation is 3. The van der Waals surface area contributed by atoms with Crippen molar-refractivity contribution in [2.75, 3.05) is 6.54 Å². The molecule has 0 spiro atoms. The highest BCUT2D eigenvalue weighted by Gasteiger charge is 2.22. The Labute approximate surface area is 145 Å². The highest BCUT2D eigenvalue weighted by Crippen LogP contribution is 2.19. The van der Waals surface area contributed by atoms with Crippen LogP contribution in [0.4, 0.5) is 0 Å². The highest BCUT2D eigenvalue weighted by atomic mass is 32.2. The van der Waals surface area contributed by atoms with Crippen LogP contribution in [0.25, 0.3) is 11.5 Å². The summed E-state index contributed by atoms with van der Waals surface area (Å²) in [6.45, 7) is 5.45. The first-order valence-electron chi connectivity index (χ1n) is 7.77. The Balaban J connectivity index is 1.65. The van der Waals surface area contributed by atoms with E-state index < -0.39 is 10.0 Å². The molecule has 0 saturated heterocycles. The smallest absolute Gasteiger partial charge is 0.247 e. The van der Waals surface area contributed by atoms with E-state index in [1.54, 1.807) is 13.8 Å². The first-order chi connectivity index (χ1) is 11.9. The molecule has 3 aromatic rings. The largest absolute Gasteiger partial charge is 0.421 e. The predicted molar refractivity (Wildman–Crippen MR) is 91.4 cm³/mol. The maximum absolute atomic E-state index is 12.4. The Hall–Kier alpha value is -2.52. The molecule has 2 heterocycles. The third kappa shape index (κ3) is 3.77. The van der Waals surface area contributed by atoms with Crippen molar-refractivity contribution in [3.05, 3.63) is 47.1 Å². The van der Waals surface area contributed by atoms with Crippen LogP contribution in [0, 0.1) is 20.8 Å². The summed E-state index contributed by atoms with van der Waals surface area (Å²) < 4.78 is 32.8. The van der Waals surface area contributed by atoms with E-state index in [1.165, 1.54) is 0 Å². The van der Waals surface area contributed by atoms with E-state index in [0.29, 0.717) is 29.6 Å². The van der Waals surface area contributed by atoms with Gasteiger partial charge in [0, 0.05) is 18.5 Å². The molecule has 0 amide bonds. The van der Waals surface area contributed by atoms with E-state index >= 15 is 0 Å². The normalized spacial score (nSPS) is 11.8. The van der Waals surface area contributed by atoms with Gasteiger partial charge in [-0.2, -0.15) is 5.10 Å². The minimum atomic E-state index is -3.63. The maximum atomic E-state index is 12.4. The van der Waals surface area contributed by atoms with Gasteiger partial charge in [-0.15, -0.1) is 10.2 Å². The molecule has 2 N–H and O–H groups in total. The van der Waals surface area contributed by atoms with E-state index in [0.717, 1.165) is 11.1 Å². The second kappa shape index (κ2) is 6.77. The summed E-state index contributed by atoms with van der Waals surface area (Å²) in [7, 11) is -3.63. The van der Waals surface area contributed by atoms with Crippen LogP contribution in [0.5, 0.6) is 0 Å². The molecule has 132 valence electrons. The van der Waals surface area contributed by atoms with E-state index in [4.69, 9.17) is 4.42 Å². The molecule has 0 unspecified atom stereocenters. The van der Waals surface area contributed by atoms with Crippen LogP contribution in [0.1, 0.15) is 22.8 Å². The minimum Gasteiger partial charge on any atom is -0.421 e. The van der Waals surface area contributed by atoms with Crippen molar-refractivity contribution in [2.45, 2.75) is 32.1 Å². The fourth-order valence-corrected chi connectivity index (χ4v) is 3.95. The number of rotatable bonds is 6. The quantitative estimate of drug-likeness (QED) is 0.693. The number of hydrogen-bond acceptors (Lipinski definition) is 6. The number of sulfonamides is 1. The lowest BCUT2D eigenvalue weighted by Gasteiger charge is -2.05. The average Bonchev–Trinajstić information content (AvgIpc) is 3.14. The summed E-state index contributed by atoms with van der Waals surface area (Å²) in [5.74, 6) is 0.794. The number of aromatic nitrogens is 4. The van der Waals surface area contributed by atoms with Gasteiger partial charge in [-0.05, 0) is 32.9 Å². The second-order valence-electron chi connectivity index (χ2n) is 5.78. The molecule has 0 atom stereocenters. The van der Waals surface area contributed by atoms with E-state index in [1.807, 2.05) is 31.2 Å². The van der Waals surface area contributed by atoms with Crippen LogP contribution in [-0.2, 0) is 16.4 Å². The number of aromatic amines is 1. The summed E-state index contributed by atoms with van der Waals surface area (Å²) >= 11 is 0. The van der Waals surface area contributed by atoms with Gasteiger partial charge in [-0.1, -0.05) is 17.7 Å². The van der Waals surface area contributed by atoms with Gasteiger partial charge in [0.25, 0.3) is 0 Å². The van der Waals surface area contributed by atoms with Gasteiger partial charge >= 0.3 is 0 Å². The van der Waals surface area contributed by atoms with Crippen molar-refractivity contribution in [1.29, 1.82) is 0 Å². The molecule has 0 saturated carbocycles. The van der Waals surface area contributed by atoms with Gasteiger partial charge in [-0.25, -0.2) is 13.1 Å². The molecule has 0 fully saturated rings. The van der Waals surface area contributed by atoms with E-state index in [-0.39, 0.29) is 11.4 Å². The molecule has 3 rings (SSSR count). The molecule has 0 bridgehead atoms. The topological polar surface area (TPSA) is 114 Å². The number of benzene rings is 1. The second-order valence-corrected chi connectivity index (χ2v) is 7.49. The zero-order chi connectivity index (χ0) is 18.0. The first kappa shape index (κ1) is 17.3. The number of nitrogens with one attached hydrogen (secondary N) is 2. The zero-order valence-electron chi connectivity index (χ0n) is 14.2. The molecule has 0 aliphatic heterocycles. The van der Waals surface area contributed by atoms with Gasteiger partial charge in [0.05, 0.1) is 11.4 Å². The summed E-state index contributed by atoms with van der Waals surface area (Å²) in [4.78, 5) is 0.179. The van der Waals surface area contributed by atoms with Crippen molar-refractivity contribution in [3.8, 4) is 11.5 Å². The molecular weight excluding hydrogens is 342 g/mol. The van der Waals surface area contributed by atoms with Gasteiger partial charge in [0.15, 0.2) is 0 Å². The van der Waals surface area contributed by atoms with Crippen molar-refractivity contribution < 1.29 is 12.8 Å². The molecule has 0 radical (unpaired) electrons. The third-order valence-corrected chi connectivity index (χ3v) is 5.42. The summed E-state index contributed by atoms with van der Waals surface area (Å²) in [6.07, 6.45) is 0.300. The molecule has 2 aromatic heterocycles. The number of hydrogen-bond donors (Lipinski definition) is 2. The third-order valence-electron chi connectivity index (χ3n) is 3.69. The van der Waals surface area contributed by atoms with Gasteiger partial charge in [0.2, 0.25) is 21.8 Å². The molecule has 0 aliphatic rings. The fraction of sp³-hybridized carbons (Fsp3) is 0.312. The zero-order valence-corrected chi connectivity index (χ0v) is 15.0. The van der Waals surface area contributed by atoms with E-state index in [9.17, 15) is 8.42 Å². The molecule has 1 aromatic carbocycles. The Morgan fingerprint density at radius 2 is 2.00 bits per heavy atom. The van der Waals surface area contributed by atoms with Crippen LogP contribution in [0.3, 0.4) is 0 Å². The van der Waals surface area contributed by atoms with Gasteiger partial charge < -0.3 is 4.42 Å². The summed E-state index contributed by atoms with van der Waals surface area (Å²) in [5, 5.41) is 14.6. The summed E-state index contributed by atoms with van der Waals surface area (Å²) in [6, 6.07) is 7.73. The molecular formula is C16H19N5O3S. The predicted octanol–water partition coefficient (Wildman–Crippen LogP) is 1.91. The van der Waals surface area contributed by atoms with Crippen LogP contribution >= 0.6 is 0 Å². The maximum Gasteiger partial charge on any atom is 0.247 e. The van der Waals surface area contributed by atoms with Gasteiger partial charge in [0.1, 0.15) is 4.90 Å². The van der Waals surface area contributed by atoms with Crippen LogP contribution in [-0.4, -0.2) is 35.4 Å². The minimum absolute atomic E-state index is 0.155. The molecule has 25 heavy (non-hydrogen) atoms. The van der Waals surface area contributed by atoms with Crippen LogP contribution in [0.15, 0.2) is 33.6 Å². The standard InChI is InChI=1S/C16H19N5O3S/c1-10-5-4-6-13(9-10)16-21-20-14(24-16)7-8-17-25(22,23)15-11(2)18-19-12(15)3/h4-6,9,17H,7-8H2,1-3H3,(H,18,19). The lowest BCUT2D eigenvalue weighted by molar-refractivity contribution is 0.502. The average molecular weight is 361 g/mol. The van der Waals surface area contributed by atoms with Gasteiger partial charge in [-0.3, -0.25) is 5.10 Å². The molecule has 8 nitrogen and oxygen atoms in total. The van der Waals surface area contributed by atoms with Crippen molar-refractivity contribution in [1.82, 2.24) is 25.1 Å². The van der Waals surface area contributed by atoms with E-state index in [2.05, 4.69) is 25.1 Å². The molecule has 0 aliphatic carbocycles. The number of nitrogens with zero attached hydrogens (tertiary/aromatic N) is 3. The SMILES string of the molecule is Cc1cccc(-c2nnc(CCNS(=O)(=O)c3c(C)n[nH]c3C)o2)c1. The monoisotopic (exact) mass is 361 g/mol. The first-order valence-corrected chi connectivity index (χ1v) is 9.26. The van der Waals surface area contributed by atoms with Crippen molar-refractivity contribution >= 4 is 10.0 Å². The van der Waals surface area contributed by atoms with Crippen LogP contribution < -0.4 is 4.72 Å². The lowest BCUT2D eigenvalue weighted by atomic mass is 10.1. The van der Waals surface area contributed by atoms with Crippen molar-refractivity contribution in [2.24, 2.45) is 0 Å². The van der Waals surface area contributed by atoms with Crippen molar-refractivity contribution in [3.63, 3.8) is 0 Å². The Morgan fingerprint density at radius 1 is 1.20 bits per heavy atom.